The van der Waals surface area contributed by atoms with Crippen molar-refractivity contribution in [2.45, 2.75) is 110 Å². The van der Waals surface area contributed by atoms with Crippen LogP contribution in [0.25, 0.3) is 0 Å². The van der Waals surface area contributed by atoms with Gasteiger partial charge in [0.15, 0.2) is 0 Å². The second-order valence-corrected chi connectivity index (χ2v) is 9.84. The first-order chi connectivity index (χ1) is 13.8. The van der Waals surface area contributed by atoms with Crippen molar-refractivity contribution in [1.29, 1.82) is 0 Å². The molecule has 2 aliphatic heterocycles. The summed E-state index contributed by atoms with van der Waals surface area (Å²) in [6, 6.07) is 0.0443. The van der Waals surface area contributed by atoms with Crippen LogP contribution in [0.2, 0.25) is 0 Å². The van der Waals surface area contributed by atoms with Crippen molar-refractivity contribution in [2.24, 2.45) is 11.8 Å². The lowest BCUT2D eigenvalue weighted by atomic mass is 9.76. The van der Waals surface area contributed by atoms with Gasteiger partial charge < -0.3 is 11.1 Å². The summed E-state index contributed by atoms with van der Waals surface area (Å²) in [5.74, 6) is 0.231. The molecule has 0 radical (unpaired) electrons. The van der Waals surface area contributed by atoms with E-state index in [1.807, 2.05) is 0 Å². The molecular weight excluding hydrogens is 374 g/mol. The van der Waals surface area contributed by atoms with Gasteiger partial charge in [0.05, 0.1) is 5.92 Å². The van der Waals surface area contributed by atoms with E-state index in [1.165, 1.54) is 44.9 Å². The van der Waals surface area contributed by atoms with E-state index in [1.54, 1.807) is 4.90 Å². The number of carbonyl (C=O) groups is 2. The molecule has 0 aromatic rings. The van der Waals surface area contributed by atoms with E-state index in [2.05, 4.69) is 51.8 Å². The summed E-state index contributed by atoms with van der Waals surface area (Å²) in [6.07, 6.45) is 16.7. The van der Waals surface area contributed by atoms with E-state index in [-0.39, 0.29) is 41.4 Å². The summed E-state index contributed by atoms with van der Waals surface area (Å²) in [6.45, 7) is 9.82. The average molecular weight is 422 g/mol. The molecule has 0 aromatic heterocycles. The molecule has 3 atom stereocenters. The van der Waals surface area contributed by atoms with Crippen molar-refractivity contribution in [2.75, 3.05) is 13.6 Å². The van der Waals surface area contributed by atoms with Crippen molar-refractivity contribution < 1.29 is 9.59 Å². The maximum Gasteiger partial charge on any atom is 0.233 e. The third-order valence-corrected chi connectivity index (χ3v) is 7.61. The molecular formula is C25H47N3O2. The first kappa shape index (κ1) is 26.8. The summed E-state index contributed by atoms with van der Waals surface area (Å²) < 4.78 is 0. The quantitative estimate of drug-likeness (QED) is 0.263. The zero-order chi connectivity index (χ0) is 21.4. The van der Waals surface area contributed by atoms with Gasteiger partial charge in [0.2, 0.25) is 11.8 Å². The number of hydrogen-bond donors (Lipinski definition) is 1. The first-order valence-electron chi connectivity index (χ1n) is 12.0. The topological polar surface area (TPSA) is 75.6 Å². The lowest BCUT2D eigenvalue weighted by Crippen LogP contribution is -2.60. The summed E-state index contributed by atoms with van der Waals surface area (Å²) in [7, 11) is 2.14. The largest absolute Gasteiger partial charge is 0.344 e. The molecule has 3 unspecified atom stereocenters. The fraction of sp³-hybridized carbons (Fsp3) is 0.840. The molecule has 0 aromatic carbocycles. The second-order valence-electron chi connectivity index (χ2n) is 9.84. The minimum absolute atomic E-state index is 0. The molecule has 2 aliphatic rings. The molecule has 2 fully saturated rings. The zero-order valence-corrected chi connectivity index (χ0v) is 20.3. The number of unbranched alkanes of at least 4 members (excludes halogenated alkanes) is 7. The smallest absolute Gasteiger partial charge is 0.233 e. The number of nitrogens with zero attached hydrogens (tertiary/aromatic N) is 2. The van der Waals surface area contributed by atoms with E-state index in [0.717, 1.165) is 19.4 Å². The number of hydrogen-bond acceptors (Lipinski definition) is 4. The number of rotatable bonds is 11. The standard InChI is InChI=1S/C25H44N2O2.H3N/c1-6-7-8-9-10-11-12-13-14-15-16-21-19-23(28)27(24(21)29)22-17-18-26(5)25(3,4)20(22)2;/h14-15,20-22H,6-13,16-19H2,1-5H3;1H3. The minimum atomic E-state index is -0.150. The highest BCUT2D eigenvalue weighted by Crippen LogP contribution is 2.38. The molecule has 3 N–H and O–H groups in total. The molecule has 0 saturated carbocycles. The Morgan fingerprint density at radius 2 is 1.67 bits per heavy atom. The Bertz CT molecular complexity index is 573. The van der Waals surface area contributed by atoms with Gasteiger partial charge in [0, 0.05) is 24.5 Å². The van der Waals surface area contributed by atoms with Gasteiger partial charge in [-0.25, -0.2) is 0 Å². The maximum atomic E-state index is 13.0. The van der Waals surface area contributed by atoms with E-state index in [4.69, 9.17) is 0 Å². The molecule has 0 aliphatic carbocycles. The fourth-order valence-electron chi connectivity index (χ4n) is 4.88. The Morgan fingerprint density at radius 1 is 1.03 bits per heavy atom. The van der Waals surface area contributed by atoms with Gasteiger partial charge in [0.1, 0.15) is 0 Å². The maximum absolute atomic E-state index is 13.0. The van der Waals surface area contributed by atoms with Crippen LogP contribution in [0, 0.1) is 11.8 Å². The van der Waals surface area contributed by atoms with Gasteiger partial charge >= 0.3 is 0 Å². The van der Waals surface area contributed by atoms with Crippen molar-refractivity contribution in [3.63, 3.8) is 0 Å². The van der Waals surface area contributed by atoms with Crippen LogP contribution in [0.3, 0.4) is 0 Å². The van der Waals surface area contributed by atoms with E-state index in [0.29, 0.717) is 12.8 Å². The van der Waals surface area contributed by atoms with Gasteiger partial charge in [-0.15, -0.1) is 0 Å². The predicted molar refractivity (Wildman–Crippen MR) is 126 cm³/mol. The Morgan fingerprint density at radius 3 is 2.33 bits per heavy atom. The number of amides is 2. The van der Waals surface area contributed by atoms with Gasteiger partial charge in [-0.1, -0.05) is 64.5 Å². The van der Waals surface area contributed by atoms with Crippen molar-refractivity contribution in [3.05, 3.63) is 12.2 Å². The van der Waals surface area contributed by atoms with Gasteiger partial charge in [-0.2, -0.15) is 0 Å². The summed E-state index contributed by atoms with van der Waals surface area (Å²) >= 11 is 0. The number of piperidine rings is 1. The molecule has 2 rings (SSSR count). The van der Waals surface area contributed by atoms with Crippen LogP contribution >= 0.6 is 0 Å². The van der Waals surface area contributed by atoms with Gasteiger partial charge in [-0.3, -0.25) is 14.5 Å². The molecule has 5 nitrogen and oxygen atoms in total. The van der Waals surface area contributed by atoms with E-state index in [9.17, 15) is 9.59 Å². The Labute approximate surface area is 185 Å². The van der Waals surface area contributed by atoms with E-state index >= 15 is 0 Å². The molecule has 174 valence electrons. The number of carbonyl (C=O) groups excluding carboxylic acids is 2. The van der Waals surface area contributed by atoms with Crippen molar-refractivity contribution >= 4 is 11.8 Å². The Kier molecular flexibility index (Phi) is 11.3. The molecule has 0 bridgehead atoms. The zero-order valence-electron chi connectivity index (χ0n) is 20.3. The van der Waals surface area contributed by atoms with E-state index < -0.39 is 0 Å². The monoisotopic (exact) mass is 421 g/mol. The number of allylic oxidation sites excluding steroid dienone is 2. The third kappa shape index (κ3) is 6.65. The Balaban J connectivity index is 0.00000450. The Hall–Kier alpha value is -1.20. The van der Waals surface area contributed by atoms with Gasteiger partial charge in [-0.05, 0) is 52.5 Å². The average Bonchev–Trinajstić information content (AvgIpc) is 2.96. The van der Waals surface area contributed by atoms with Crippen LogP contribution < -0.4 is 6.15 Å². The van der Waals surface area contributed by atoms with Crippen LogP contribution in [-0.2, 0) is 9.59 Å². The van der Waals surface area contributed by atoms with Crippen LogP contribution in [0.5, 0.6) is 0 Å². The van der Waals surface area contributed by atoms with Crippen molar-refractivity contribution in [1.82, 2.24) is 16.0 Å². The van der Waals surface area contributed by atoms with Crippen molar-refractivity contribution in [3.8, 4) is 0 Å². The summed E-state index contributed by atoms with van der Waals surface area (Å²) in [5, 5.41) is 0. The molecule has 5 heteroatoms. The highest BCUT2D eigenvalue weighted by Gasteiger charge is 2.48. The second kappa shape index (κ2) is 12.6. The molecule has 2 saturated heterocycles. The SMILES string of the molecule is CCCCCCCCCC=CCC1CC(=O)N(C2CCN(C)C(C)(C)C2C)C1=O.N. The minimum Gasteiger partial charge on any atom is -0.344 e. The summed E-state index contributed by atoms with van der Waals surface area (Å²) in [4.78, 5) is 29.7. The molecule has 0 spiro atoms. The van der Waals surface area contributed by atoms with Crippen LogP contribution in [0.1, 0.15) is 98.3 Å². The van der Waals surface area contributed by atoms with Crippen LogP contribution in [0.4, 0.5) is 0 Å². The summed E-state index contributed by atoms with van der Waals surface area (Å²) in [5.41, 5.74) is -0.00198. The first-order valence-corrected chi connectivity index (χ1v) is 12.0. The predicted octanol–water partition coefficient (Wildman–Crippen LogP) is 5.73. The van der Waals surface area contributed by atoms with Crippen LogP contribution in [0.15, 0.2) is 12.2 Å². The van der Waals surface area contributed by atoms with Gasteiger partial charge in [0.25, 0.3) is 0 Å². The fourth-order valence-corrected chi connectivity index (χ4v) is 4.88. The molecule has 2 amide bonds. The highest BCUT2D eigenvalue weighted by molar-refractivity contribution is 6.04. The molecule has 2 heterocycles. The number of imide groups is 1. The highest BCUT2D eigenvalue weighted by atomic mass is 16.2. The lowest BCUT2D eigenvalue weighted by Gasteiger charge is -2.50. The lowest BCUT2D eigenvalue weighted by molar-refractivity contribution is -0.146. The normalized spacial score (nSPS) is 27.1. The van der Waals surface area contributed by atoms with Crippen LogP contribution in [-0.4, -0.2) is 46.8 Å². The molecule has 30 heavy (non-hydrogen) atoms. The number of likely N-dealkylation sites (tertiary alicyclic amines) is 2. The third-order valence-electron chi connectivity index (χ3n) is 7.61.